The molecule has 1 aromatic rings. The fourth-order valence-electron chi connectivity index (χ4n) is 1.38. The van der Waals surface area contributed by atoms with Crippen LogP contribution in [0.5, 0.6) is 5.75 Å². The Labute approximate surface area is 106 Å². The molecular formula is C13H19NO4. The minimum absolute atomic E-state index is 0.0178. The zero-order chi connectivity index (χ0) is 13.4. The monoisotopic (exact) mass is 253 g/mol. The molecule has 0 aliphatic rings. The molecule has 5 heteroatoms. The summed E-state index contributed by atoms with van der Waals surface area (Å²) in [6, 6.07) is 9.08. The first-order chi connectivity index (χ1) is 8.67. The van der Waals surface area contributed by atoms with Crippen LogP contribution in [-0.2, 0) is 4.79 Å². The van der Waals surface area contributed by atoms with Gasteiger partial charge in [-0.3, -0.25) is 4.79 Å². The van der Waals surface area contributed by atoms with Crippen LogP contribution in [0.25, 0.3) is 0 Å². The zero-order valence-electron chi connectivity index (χ0n) is 10.4. The predicted molar refractivity (Wildman–Crippen MR) is 67.3 cm³/mol. The van der Waals surface area contributed by atoms with E-state index in [1.54, 1.807) is 12.1 Å². The molecule has 2 unspecified atom stereocenters. The molecule has 5 nitrogen and oxygen atoms in total. The van der Waals surface area contributed by atoms with Gasteiger partial charge in [0, 0.05) is 6.54 Å². The van der Waals surface area contributed by atoms with Crippen molar-refractivity contribution in [3.05, 3.63) is 30.3 Å². The van der Waals surface area contributed by atoms with E-state index in [2.05, 4.69) is 5.32 Å². The highest BCUT2D eigenvalue weighted by Crippen LogP contribution is 2.12. The largest absolute Gasteiger partial charge is 0.481 e. The van der Waals surface area contributed by atoms with Crippen LogP contribution in [0, 0.1) is 0 Å². The molecule has 18 heavy (non-hydrogen) atoms. The van der Waals surface area contributed by atoms with Gasteiger partial charge in [-0.05, 0) is 18.6 Å². The van der Waals surface area contributed by atoms with E-state index in [1.165, 1.54) is 0 Å². The van der Waals surface area contributed by atoms with Crippen LogP contribution in [0.2, 0.25) is 0 Å². The summed E-state index contributed by atoms with van der Waals surface area (Å²) in [5.74, 6) is 0.330. The van der Waals surface area contributed by atoms with Gasteiger partial charge in [0.1, 0.15) is 5.75 Å². The van der Waals surface area contributed by atoms with E-state index in [1.807, 2.05) is 25.1 Å². The van der Waals surface area contributed by atoms with Crippen molar-refractivity contribution in [2.24, 2.45) is 0 Å². The van der Waals surface area contributed by atoms with E-state index >= 15 is 0 Å². The molecule has 0 aliphatic carbocycles. The number of benzene rings is 1. The molecule has 0 fully saturated rings. The molecule has 0 aliphatic heterocycles. The standard InChI is InChI=1S/C13H19NO4/c1-2-12(13(17)14-8-10(16)9-15)18-11-6-4-3-5-7-11/h3-7,10,12,15-16H,2,8-9H2,1H3,(H,14,17). The second-order valence-electron chi connectivity index (χ2n) is 3.91. The number of carbonyl (C=O) groups is 1. The number of para-hydroxylation sites is 1. The van der Waals surface area contributed by atoms with E-state index in [0.717, 1.165) is 0 Å². The summed E-state index contributed by atoms with van der Waals surface area (Å²) in [6.07, 6.45) is -1.02. The Morgan fingerprint density at radius 2 is 2.06 bits per heavy atom. The minimum atomic E-state index is -0.941. The van der Waals surface area contributed by atoms with Crippen LogP contribution < -0.4 is 10.1 Å². The highest BCUT2D eigenvalue weighted by Gasteiger charge is 2.18. The van der Waals surface area contributed by atoms with Gasteiger partial charge in [0.05, 0.1) is 12.7 Å². The van der Waals surface area contributed by atoms with E-state index < -0.39 is 12.2 Å². The van der Waals surface area contributed by atoms with Crippen molar-refractivity contribution >= 4 is 5.91 Å². The van der Waals surface area contributed by atoms with Crippen molar-refractivity contribution < 1.29 is 19.7 Å². The molecule has 0 spiro atoms. The first-order valence-electron chi connectivity index (χ1n) is 5.95. The highest BCUT2D eigenvalue weighted by atomic mass is 16.5. The summed E-state index contributed by atoms with van der Waals surface area (Å²) >= 11 is 0. The quantitative estimate of drug-likeness (QED) is 0.653. The fourth-order valence-corrected chi connectivity index (χ4v) is 1.38. The normalized spacial score (nSPS) is 13.7. The fraction of sp³-hybridized carbons (Fsp3) is 0.462. The topological polar surface area (TPSA) is 78.8 Å². The van der Waals surface area contributed by atoms with Crippen LogP contribution in [0.3, 0.4) is 0 Å². The maximum Gasteiger partial charge on any atom is 0.261 e. The molecule has 100 valence electrons. The van der Waals surface area contributed by atoms with Crippen LogP contribution in [0.15, 0.2) is 30.3 Å². The van der Waals surface area contributed by atoms with Crippen LogP contribution >= 0.6 is 0 Å². The van der Waals surface area contributed by atoms with Crippen LogP contribution in [-0.4, -0.2) is 41.5 Å². The minimum Gasteiger partial charge on any atom is -0.481 e. The number of hydrogen-bond acceptors (Lipinski definition) is 4. The second kappa shape index (κ2) is 7.68. The summed E-state index contributed by atoms with van der Waals surface area (Å²) in [6.45, 7) is 1.48. The lowest BCUT2D eigenvalue weighted by Crippen LogP contribution is -2.42. The first kappa shape index (κ1) is 14.5. The summed E-state index contributed by atoms with van der Waals surface area (Å²) in [5.41, 5.74) is 0. The summed E-state index contributed by atoms with van der Waals surface area (Å²) in [4.78, 5) is 11.8. The molecule has 2 atom stereocenters. The van der Waals surface area contributed by atoms with Gasteiger partial charge in [-0.15, -0.1) is 0 Å². The van der Waals surface area contributed by atoms with E-state index in [-0.39, 0.29) is 19.1 Å². The summed E-state index contributed by atoms with van der Waals surface area (Å²) in [7, 11) is 0. The van der Waals surface area contributed by atoms with Crippen LogP contribution in [0.1, 0.15) is 13.3 Å². The summed E-state index contributed by atoms with van der Waals surface area (Å²) < 4.78 is 5.54. The van der Waals surface area contributed by atoms with Crippen molar-refractivity contribution in [3.8, 4) is 5.75 Å². The first-order valence-corrected chi connectivity index (χ1v) is 5.95. The third kappa shape index (κ3) is 4.73. The van der Waals surface area contributed by atoms with Gasteiger partial charge in [0.15, 0.2) is 6.10 Å². The number of aliphatic hydroxyl groups excluding tert-OH is 2. The molecule has 0 aromatic heterocycles. The van der Waals surface area contributed by atoms with Crippen molar-refractivity contribution in [3.63, 3.8) is 0 Å². The van der Waals surface area contributed by atoms with Crippen molar-refractivity contribution in [2.45, 2.75) is 25.6 Å². The smallest absolute Gasteiger partial charge is 0.261 e. The highest BCUT2D eigenvalue weighted by molar-refractivity contribution is 5.81. The predicted octanol–water partition coefficient (Wildman–Crippen LogP) is 0.313. The number of carbonyl (C=O) groups excluding carboxylic acids is 1. The van der Waals surface area contributed by atoms with Gasteiger partial charge >= 0.3 is 0 Å². The molecular weight excluding hydrogens is 234 g/mol. The Morgan fingerprint density at radius 3 is 2.61 bits per heavy atom. The Hall–Kier alpha value is -1.59. The Morgan fingerprint density at radius 1 is 1.39 bits per heavy atom. The number of aliphatic hydroxyl groups is 2. The summed E-state index contributed by atoms with van der Waals surface area (Å²) in [5, 5.41) is 20.3. The molecule has 3 N–H and O–H groups in total. The third-order valence-electron chi connectivity index (χ3n) is 2.41. The van der Waals surface area contributed by atoms with E-state index in [0.29, 0.717) is 12.2 Å². The van der Waals surface area contributed by atoms with Gasteiger partial charge in [0.2, 0.25) is 0 Å². The van der Waals surface area contributed by atoms with Crippen molar-refractivity contribution in [2.75, 3.05) is 13.2 Å². The molecule has 1 rings (SSSR count). The van der Waals surface area contributed by atoms with Gasteiger partial charge in [-0.25, -0.2) is 0 Å². The molecule has 0 bridgehead atoms. The second-order valence-corrected chi connectivity index (χ2v) is 3.91. The lowest BCUT2D eigenvalue weighted by atomic mass is 10.2. The number of rotatable bonds is 7. The molecule has 0 saturated heterocycles. The Kier molecular flexibility index (Phi) is 6.18. The van der Waals surface area contributed by atoms with Gasteiger partial charge in [0.25, 0.3) is 5.91 Å². The molecule has 0 saturated carbocycles. The van der Waals surface area contributed by atoms with Crippen molar-refractivity contribution in [1.29, 1.82) is 0 Å². The van der Waals surface area contributed by atoms with Crippen molar-refractivity contribution in [1.82, 2.24) is 5.32 Å². The Bertz CT molecular complexity index is 355. The lowest BCUT2D eigenvalue weighted by molar-refractivity contribution is -0.128. The number of hydrogen-bond donors (Lipinski definition) is 3. The Balaban J connectivity index is 2.48. The average Bonchev–Trinajstić information content (AvgIpc) is 2.42. The number of amides is 1. The van der Waals surface area contributed by atoms with E-state index in [4.69, 9.17) is 14.9 Å². The van der Waals surface area contributed by atoms with Crippen LogP contribution in [0.4, 0.5) is 0 Å². The SMILES string of the molecule is CCC(Oc1ccccc1)C(=O)NCC(O)CO. The maximum absolute atomic E-state index is 11.8. The molecule has 0 heterocycles. The van der Waals surface area contributed by atoms with E-state index in [9.17, 15) is 4.79 Å². The number of ether oxygens (including phenoxy) is 1. The molecule has 0 radical (unpaired) electrons. The van der Waals surface area contributed by atoms with Gasteiger partial charge in [-0.1, -0.05) is 25.1 Å². The lowest BCUT2D eigenvalue weighted by Gasteiger charge is -2.18. The third-order valence-corrected chi connectivity index (χ3v) is 2.41. The van der Waals surface area contributed by atoms with Gasteiger partial charge < -0.3 is 20.3 Å². The molecule has 1 amide bonds. The van der Waals surface area contributed by atoms with Gasteiger partial charge in [-0.2, -0.15) is 0 Å². The number of nitrogens with one attached hydrogen (secondary N) is 1. The molecule has 1 aromatic carbocycles. The average molecular weight is 253 g/mol. The maximum atomic E-state index is 11.8. The zero-order valence-corrected chi connectivity index (χ0v) is 10.4.